The second-order valence-electron chi connectivity index (χ2n) is 4.17. The average Bonchev–Trinajstić information content (AvgIpc) is 2.93. The lowest BCUT2D eigenvalue weighted by atomic mass is 10.1. The largest absolute Gasteiger partial charge is 0.311 e. The molecule has 1 atom stereocenters. The molecule has 1 saturated carbocycles. The van der Waals surface area contributed by atoms with Crippen LogP contribution in [-0.2, 0) is 6.42 Å². The first-order valence-corrected chi connectivity index (χ1v) is 5.62. The SMILES string of the molecule is CC(Cc1ccc(Cl)cc1)NC1CC1. The van der Waals surface area contributed by atoms with E-state index in [1.807, 2.05) is 12.1 Å². The van der Waals surface area contributed by atoms with Crippen LogP contribution in [0.3, 0.4) is 0 Å². The van der Waals surface area contributed by atoms with Gasteiger partial charge in [-0.05, 0) is 43.9 Å². The van der Waals surface area contributed by atoms with Crippen molar-refractivity contribution in [1.29, 1.82) is 0 Å². The highest BCUT2D eigenvalue weighted by atomic mass is 35.5. The van der Waals surface area contributed by atoms with Crippen LogP contribution in [-0.4, -0.2) is 12.1 Å². The molecule has 0 amide bonds. The van der Waals surface area contributed by atoms with Crippen LogP contribution >= 0.6 is 11.6 Å². The summed E-state index contributed by atoms with van der Waals surface area (Å²) in [5, 5.41) is 4.40. The maximum Gasteiger partial charge on any atom is 0.0406 e. The van der Waals surface area contributed by atoms with Gasteiger partial charge in [-0.3, -0.25) is 0 Å². The lowest BCUT2D eigenvalue weighted by Crippen LogP contribution is -2.29. The molecule has 0 bridgehead atoms. The summed E-state index contributed by atoms with van der Waals surface area (Å²) in [5.41, 5.74) is 1.36. The Bertz CT molecular complexity index is 290. The molecule has 1 aromatic carbocycles. The minimum absolute atomic E-state index is 0.573. The van der Waals surface area contributed by atoms with E-state index >= 15 is 0 Å². The molecule has 1 aliphatic carbocycles. The van der Waals surface area contributed by atoms with Gasteiger partial charge in [0, 0.05) is 17.1 Å². The molecule has 1 fully saturated rings. The van der Waals surface area contributed by atoms with Crippen molar-refractivity contribution in [3.8, 4) is 0 Å². The van der Waals surface area contributed by atoms with Gasteiger partial charge in [-0.1, -0.05) is 23.7 Å². The number of nitrogens with one attached hydrogen (secondary N) is 1. The van der Waals surface area contributed by atoms with Crippen molar-refractivity contribution in [2.24, 2.45) is 0 Å². The van der Waals surface area contributed by atoms with Crippen LogP contribution in [0.5, 0.6) is 0 Å². The Morgan fingerprint density at radius 1 is 1.36 bits per heavy atom. The van der Waals surface area contributed by atoms with Gasteiger partial charge in [0.1, 0.15) is 0 Å². The normalized spacial score (nSPS) is 18.1. The van der Waals surface area contributed by atoms with Crippen molar-refractivity contribution in [2.45, 2.75) is 38.3 Å². The Balaban J connectivity index is 1.85. The van der Waals surface area contributed by atoms with Crippen LogP contribution in [0.2, 0.25) is 5.02 Å². The fraction of sp³-hybridized carbons (Fsp3) is 0.500. The van der Waals surface area contributed by atoms with Gasteiger partial charge >= 0.3 is 0 Å². The van der Waals surface area contributed by atoms with E-state index in [1.165, 1.54) is 18.4 Å². The third kappa shape index (κ3) is 3.00. The molecule has 0 aliphatic heterocycles. The van der Waals surface area contributed by atoms with E-state index in [2.05, 4.69) is 24.4 Å². The van der Waals surface area contributed by atoms with E-state index in [9.17, 15) is 0 Å². The monoisotopic (exact) mass is 209 g/mol. The summed E-state index contributed by atoms with van der Waals surface area (Å²) >= 11 is 5.83. The molecular weight excluding hydrogens is 194 g/mol. The molecule has 1 nitrogen and oxygen atoms in total. The van der Waals surface area contributed by atoms with Crippen LogP contribution in [0, 0.1) is 0 Å². The van der Waals surface area contributed by atoms with Crippen molar-refractivity contribution in [3.63, 3.8) is 0 Å². The maximum atomic E-state index is 5.83. The van der Waals surface area contributed by atoms with Gasteiger partial charge in [0.15, 0.2) is 0 Å². The third-order valence-corrected chi connectivity index (χ3v) is 2.80. The fourth-order valence-electron chi connectivity index (χ4n) is 1.69. The van der Waals surface area contributed by atoms with E-state index in [-0.39, 0.29) is 0 Å². The highest BCUT2D eigenvalue weighted by Crippen LogP contribution is 2.20. The van der Waals surface area contributed by atoms with Crippen molar-refractivity contribution in [1.82, 2.24) is 5.32 Å². The van der Waals surface area contributed by atoms with Gasteiger partial charge in [-0.2, -0.15) is 0 Å². The number of benzene rings is 1. The zero-order valence-corrected chi connectivity index (χ0v) is 9.22. The summed E-state index contributed by atoms with van der Waals surface area (Å²) in [5.74, 6) is 0. The number of rotatable bonds is 4. The highest BCUT2D eigenvalue weighted by molar-refractivity contribution is 6.30. The quantitative estimate of drug-likeness (QED) is 0.804. The second kappa shape index (κ2) is 4.33. The summed E-state index contributed by atoms with van der Waals surface area (Å²) in [6, 6.07) is 9.49. The summed E-state index contributed by atoms with van der Waals surface area (Å²) in [6.07, 6.45) is 3.80. The first-order valence-electron chi connectivity index (χ1n) is 5.24. The summed E-state index contributed by atoms with van der Waals surface area (Å²) in [7, 11) is 0. The molecule has 14 heavy (non-hydrogen) atoms. The van der Waals surface area contributed by atoms with Crippen molar-refractivity contribution in [2.75, 3.05) is 0 Å². The fourth-order valence-corrected chi connectivity index (χ4v) is 1.81. The van der Waals surface area contributed by atoms with E-state index in [0.717, 1.165) is 17.5 Å². The summed E-state index contributed by atoms with van der Waals surface area (Å²) in [6.45, 7) is 2.24. The average molecular weight is 210 g/mol. The first kappa shape index (κ1) is 10.0. The van der Waals surface area contributed by atoms with Gasteiger partial charge in [0.25, 0.3) is 0 Å². The Labute approximate surface area is 90.5 Å². The van der Waals surface area contributed by atoms with Crippen LogP contribution in [0.4, 0.5) is 0 Å². The predicted octanol–water partition coefficient (Wildman–Crippen LogP) is 3.02. The minimum atomic E-state index is 0.573. The Hall–Kier alpha value is -0.530. The van der Waals surface area contributed by atoms with E-state index in [4.69, 9.17) is 11.6 Å². The molecule has 0 radical (unpaired) electrons. The second-order valence-corrected chi connectivity index (χ2v) is 4.61. The Kier molecular flexibility index (Phi) is 3.09. The zero-order valence-electron chi connectivity index (χ0n) is 8.46. The molecule has 0 spiro atoms. The molecule has 0 heterocycles. The smallest absolute Gasteiger partial charge is 0.0406 e. The standard InChI is InChI=1S/C12H16ClN/c1-9(14-12-6-7-12)8-10-2-4-11(13)5-3-10/h2-5,9,12,14H,6-8H2,1H3. The van der Waals surface area contributed by atoms with Crippen LogP contribution in [0.1, 0.15) is 25.3 Å². The van der Waals surface area contributed by atoms with Crippen LogP contribution in [0.15, 0.2) is 24.3 Å². The van der Waals surface area contributed by atoms with Crippen molar-refractivity contribution < 1.29 is 0 Å². The molecule has 1 aromatic rings. The third-order valence-electron chi connectivity index (χ3n) is 2.55. The molecule has 76 valence electrons. The van der Waals surface area contributed by atoms with E-state index in [1.54, 1.807) is 0 Å². The van der Waals surface area contributed by atoms with Gasteiger partial charge in [0.05, 0.1) is 0 Å². The molecule has 2 rings (SSSR count). The predicted molar refractivity (Wildman–Crippen MR) is 60.8 cm³/mol. The molecule has 0 saturated heterocycles. The lowest BCUT2D eigenvalue weighted by molar-refractivity contribution is 0.542. The molecule has 0 aromatic heterocycles. The zero-order chi connectivity index (χ0) is 9.97. The molecule has 1 N–H and O–H groups in total. The molecule has 1 unspecified atom stereocenters. The summed E-state index contributed by atoms with van der Waals surface area (Å²) in [4.78, 5) is 0. The molecular formula is C12H16ClN. The van der Waals surface area contributed by atoms with Crippen molar-refractivity contribution >= 4 is 11.6 Å². The molecule has 2 heteroatoms. The van der Waals surface area contributed by atoms with Crippen LogP contribution < -0.4 is 5.32 Å². The lowest BCUT2D eigenvalue weighted by Gasteiger charge is -2.12. The Morgan fingerprint density at radius 2 is 2.00 bits per heavy atom. The van der Waals surface area contributed by atoms with Crippen LogP contribution in [0.25, 0.3) is 0 Å². The van der Waals surface area contributed by atoms with Gasteiger partial charge in [-0.25, -0.2) is 0 Å². The minimum Gasteiger partial charge on any atom is -0.311 e. The van der Waals surface area contributed by atoms with Gasteiger partial charge in [-0.15, -0.1) is 0 Å². The maximum absolute atomic E-state index is 5.83. The highest BCUT2D eigenvalue weighted by Gasteiger charge is 2.22. The number of hydrogen-bond donors (Lipinski definition) is 1. The topological polar surface area (TPSA) is 12.0 Å². The van der Waals surface area contributed by atoms with Gasteiger partial charge in [0.2, 0.25) is 0 Å². The Morgan fingerprint density at radius 3 is 2.57 bits per heavy atom. The van der Waals surface area contributed by atoms with Gasteiger partial charge < -0.3 is 5.32 Å². The molecule has 1 aliphatic rings. The van der Waals surface area contributed by atoms with E-state index in [0.29, 0.717) is 6.04 Å². The van der Waals surface area contributed by atoms with Crippen molar-refractivity contribution in [3.05, 3.63) is 34.9 Å². The summed E-state index contributed by atoms with van der Waals surface area (Å²) < 4.78 is 0. The first-order chi connectivity index (χ1) is 6.74. The number of halogens is 1. The number of hydrogen-bond acceptors (Lipinski definition) is 1. The van der Waals surface area contributed by atoms with E-state index < -0.39 is 0 Å².